The molecule has 4 aromatic rings. The van der Waals surface area contributed by atoms with Crippen LogP contribution >= 0.6 is 0 Å². The summed E-state index contributed by atoms with van der Waals surface area (Å²) in [5.41, 5.74) is 1.35. The molecule has 3 aromatic heterocycles. The van der Waals surface area contributed by atoms with E-state index in [9.17, 15) is 4.39 Å². The van der Waals surface area contributed by atoms with Gasteiger partial charge in [0.25, 0.3) is 0 Å². The Balaban J connectivity index is 1.64. The van der Waals surface area contributed by atoms with Crippen molar-refractivity contribution in [2.45, 2.75) is 13.0 Å². The zero-order valence-electron chi connectivity index (χ0n) is 14.7. The van der Waals surface area contributed by atoms with Crippen LogP contribution in [0.1, 0.15) is 18.5 Å². The predicted octanol–water partition coefficient (Wildman–Crippen LogP) is 3.37. The van der Waals surface area contributed by atoms with Gasteiger partial charge in [0.15, 0.2) is 0 Å². The molecular formula is C18H15FN8O. The first-order valence-electron chi connectivity index (χ1n) is 8.38. The third-order valence-corrected chi connectivity index (χ3v) is 3.85. The second-order valence-corrected chi connectivity index (χ2v) is 5.85. The first kappa shape index (κ1) is 17.5. The van der Waals surface area contributed by atoms with E-state index in [-0.39, 0.29) is 11.9 Å². The largest absolute Gasteiger partial charge is 0.348 e. The Bertz CT molecular complexity index is 1040. The van der Waals surface area contributed by atoms with Gasteiger partial charge in [0.05, 0.1) is 12.2 Å². The summed E-state index contributed by atoms with van der Waals surface area (Å²) in [7, 11) is 0. The molecule has 4 rings (SSSR count). The Kier molecular flexibility index (Phi) is 4.83. The van der Waals surface area contributed by atoms with E-state index in [2.05, 4.69) is 40.7 Å². The molecule has 2 N–H and O–H groups in total. The highest BCUT2D eigenvalue weighted by atomic mass is 19.1. The summed E-state index contributed by atoms with van der Waals surface area (Å²) in [5, 5.41) is 10.1. The SMILES string of the molecule is C[C@H](Nc1nc(Nc2cnccn2)cc(-c2ncon2)n1)c1ccc(F)cc1. The molecule has 140 valence electrons. The van der Waals surface area contributed by atoms with E-state index in [4.69, 9.17) is 4.52 Å². The summed E-state index contributed by atoms with van der Waals surface area (Å²) < 4.78 is 18.0. The lowest BCUT2D eigenvalue weighted by Crippen LogP contribution is -2.11. The van der Waals surface area contributed by atoms with Crippen LogP contribution in [0, 0.1) is 5.82 Å². The van der Waals surface area contributed by atoms with Gasteiger partial charge in [-0.2, -0.15) is 9.97 Å². The van der Waals surface area contributed by atoms with E-state index in [0.29, 0.717) is 29.1 Å². The minimum atomic E-state index is -0.290. The Labute approximate surface area is 159 Å². The highest BCUT2D eigenvalue weighted by Crippen LogP contribution is 2.23. The molecule has 0 radical (unpaired) electrons. The predicted molar refractivity (Wildman–Crippen MR) is 99.1 cm³/mol. The van der Waals surface area contributed by atoms with Crippen LogP contribution in [0.5, 0.6) is 0 Å². The van der Waals surface area contributed by atoms with Crippen molar-refractivity contribution in [2.75, 3.05) is 10.6 Å². The minimum absolute atomic E-state index is 0.162. The fourth-order valence-electron chi connectivity index (χ4n) is 2.50. The second-order valence-electron chi connectivity index (χ2n) is 5.85. The van der Waals surface area contributed by atoms with Crippen molar-refractivity contribution in [1.29, 1.82) is 0 Å². The van der Waals surface area contributed by atoms with E-state index in [1.165, 1.54) is 18.5 Å². The lowest BCUT2D eigenvalue weighted by molar-refractivity contribution is 0.418. The van der Waals surface area contributed by atoms with Crippen LogP contribution in [0.25, 0.3) is 11.5 Å². The Morgan fingerprint density at radius 1 is 1.04 bits per heavy atom. The third-order valence-electron chi connectivity index (χ3n) is 3.85. The number of hydrogen-bond acceptors (Lipinski definition) is 9. The van der Waals surface area contributed by atoms with Crippen LogP contribution in [0.15, 0.2) is 59.8 Å². The monoisotopic (exact) mass is 378 g/mol. The molecule has 0 saturated carbocycles. The van der Waals surface area contributed by atoms with Crippen molar-refractivity contribution in [3.63, 3.8) is 0 Å². The summed E-state index contributed by atoms with van der Waals surface area (Å²) in [6, 6.07) is 7.73. The number of hydrogen-bond donors (Lipinski definition) is 2. The van der Waals surface area contributed by atoms with Gasteiger partial charge in [-0.1, -0.05) is 17.3 Å². The molecule has 0 aliphatic carbocycles. The molecule has 0 spiro atoms. The molecule has 0 amide bonds. The van der Waals surface area contributed by atoms with Gasteiger partial charge in [0, 0.05) is 18.5 Å². The number of aromatic nitrogens is 6. The molecule has 1 atom stereocenters. The number of nitrogens with one attached hydrogen (secondary N) is 2. The molecule has 3 heterocycles. The van der Waals surface area contributed by atoms with Gasteiger partial charge in [-0.15, -0.1) is 0 Å². The van der Waals surface area contributed by atoms with Crippen LogP contribution in [-0.2, 0) is 0 Å². The molecule has 0 saturated heterocycles. The van der Waals surface area contributed by atoms with Gasteiger partial charge >= 0.3 is 0 Å². The first-order valence-corrected chi connectivity index (χ1v) is 8.38. The lowest BCUT2D eigenvalue weighted by atomic mass is 10.1. The first-order chi connectivity index (χ1) is 13.7. The summed E-state index contributed by atoms with van der Waals surface area (Å²) in [6.07, 6.45) is 5.94. The number of nitrogens with zero attached hydrogens (tertiary/aromatic N) is 6. The van der Waals surface area contributed by atoms with Gasteiger partial charge in [0.1, 0.15) is 23.1 Å². The van der Waals surface area contributed by atoms with Crippen molar-refractivity contribution in [1.82, 2.24) is 30.1 Å². The maximum atomic E-state index is 13.2. The summed E-state index contributed by atoms with van der Waals surface area (Å²) >= 11 is 0. The maximum absolute atomic E-state index is 13.2. The standard InChI is InChI=1S/C18H15FN8O/c1-11(12-2-4-13(19)5-3-12)23-18-24-14(17-22-10-28-27-17)8-15(26-18)25-16-9-20-6-7-21-16/h2-11H,1H3,(H2,21,23,24,25,26)/t11-/m0/s1. The molecule has 0 aliphatic rings. The smallest absolute Gasteiger partial charge is 0.225 e. The van der Waals surface area contributed by atoms with Crippen LogP contribution in [-0.4, -0.2) is 30.1 Å². The van der Waals surface area contributed by atoms with E-state index in [0.717, 1.165) is 5.56 Å². The molecule has 1 aromatic carbocycles. The molecule has 10 heteroatoms. The average molecular weight is 378 g/mol. The van der Waals surface area contributed by atoms with Gasteiger partial charge in [-0.05, 0) is 24.6 Å². The topological polar surface area (TPSA) is 115 Å². The Morgan fingerprint density at radius 2 is 1.89 bits per heavy atom. The van der Waals surface area contributed by atoms with Gasteiger partial charge in [-0.3, -0.25) is 4.98 Å². The van der Waals surface area contributed by atoms with Crippen LogP contribution < -0.4 is 10.6 Å². The Morgan fingerprint density at radius 3 is 2.61 bits per heavy atom. The molecule has 0 fully saturated rings. The van der Waals surface area contributed by atoms with Gasteiger partial charge < -0.3 is 15.2 Å². The zero-order chi connectivity index (χ0) is 19.3. The summed E-state index contributed by atoms with van der Waals surface area (Å²) in [4.78, 5) is 21.1. The number of rotatable bonds is 6. The van der Waals surface area contributed by atoms with Crippen molar-refractivity contribution in [2.24, 2.45) is 0 Å². The van der Waals surface area contributed by atoms with Crippen LogP contribution in [0.3, 0.4) is 0 Å². The van der Waals surface area contributed by atoms with E-state index >= 15 is 0 Å². The van der Waals surface area contributed by atoms with E-state index < -0.39 is 0 Å². The zero-order valence-corrected chi connectivity index (χ0v) is 14.7. The fraction of sp³-hybridized carbons (Fsp3) is 0.111. The minimum Gasteiger partial charge on any atom is -0.348 e. The molecule has 0 unspecified atom stereocenters. The Hall–Kier alpha value is -3.95. The van der Waals surface area contributed by atoms with E-state index in [1.807, 2.05) is 6.92 Å². The number of benzene rings is 1. The normalized spacial score (nSPS) is 11.8. The van der Waals surface area contributed by atoms with Crippen molar-refractivity contribution in [3.05, 3.63) is 66.7 Å². The number of anilines is 3. The summed E-state index contributed by atoms with van der Waals surface area (Å²) in [6.45, 7) is 1.92. The average Bonchev–Trinajstić information content (AvgIpc) is 3.24. The van der Waals surface area contributed by atoms with Crippen LogP contribution in [0.4, 0.5) is 22.0 Å². The van der Waals surface area contributed by atoms with Gasteiger partial charge in [-0.25, -0.2) is 14.4 Å². The molecule has 9 nitrogen and oxygen atoms in total. The van der Waals surface area contributed by atoms with Crippen LogP contribution in [0.2, 0.25) is 0 Å². The second kappa shape index (κ2) is 7.74. The number of halogens is 1. The quantitative estimate of drug-likeness (QED) is 0.521. The molecular weight excluding hydrogens is 363 g/mol. The maximum Gasteiger partial charge on any atom is 0.225 e. The molecule has 28 heavy (non-hydrogen) atoms. The highest BCUT2D eigenvalue weighted by molar-refractivity contribution is 5.61. The van der Waals surface area contributed by atoms with Crippen molar-refractivity contribution >= 4 is 17.6 Å². The van der Waals surface area contributed by atoms with Crippen molar-refractivity contribution < 1.29 is 8.91 Å². The van der Waals surface area contributed by atoms with Gasteiger partial charge in [0.2, 0.25) is 18.2 Å². The van der Waals surface area contributed by atoms with Crippen molar-refractivity contribution in [3.8, 4) is 11.5 Å². The lowest BCUT2D eigenvalue weighted by Gasteiger charge is -2.15. The van der Waals surface area contributed by atoms with E-state index in [1.54, 1.807) is 36.8 Å². The summed E-state index contributed by atoms with van der Waals surface area (Å²) in [5.74, 6) is 1.37. The highest BCUT2D eigenvalue weighted by Gasteiger charge is 2.13. The molecule has 0 bridgehead atoms. The fourth-order valence-corrected chi connectivity index (χ4v) is 2.50. The molecule has 0 aliphatic heterocycles. The third kappa shape index (κ3) is 4.06.